The molecule has 1 unspecified atom stereocenters. The van der Waals surface area contributed by atoms with Gasteiger partial charge in [-0.15, -0.1) is 0 Å². The van der Waals surface area contributed by atoms with Gasteiger partial charge in [0.15, 0.2) is 25.0 Å². The van der Waals surface area contributed by atoms with Crippen LogP contribution in [0.3, 0.4) is 0 Å². The van der Waals surface area contributed by atoms with Gasteiger partial charge in [-0.05, 0) is 77.8 Å². The van der Waals surface area contributed by atoms with Crippen LogP contribution in [0.2, 0.25) is 64.5 Å². The van der Waals surface area contributed by atoms with Crippen LogP contribution in [0.15, 0.2) is 42.5 Å². The first-order valence-electron chi connectivity index (χ1n) is 10.9. The van der Waals surface area contributed by atoms with E-state index in [0.29, 0.717) is 12.0 Å². The molecular formula is C22H42O5Si4. The molecule has 0 saturated carbocycles. The lowest BCUT2D eigenvalue weighted by molar-refractivity contribution is -0.139. The number of benzene rings is 1. The number of esters is 1. The molecule has 0 amide bonds. The molecule has 5 nitrogen and oxygen atoms in total. The Bertz CT molecular complexity index is 692. The Morgan fingerprint density at radius 1 is 0.839 bits per heavy atom. The Morgan fingerprint density at radius 3 is 1.61 bits per heavy atom. The topological polar surface area (TPSA) is 54.0 Å². The van der Waals surface area contributed by atoms with Gasteiger partial charge in [0.2, 0.25) is 0 Å². The van der Waals surface area contributed by atoms with E-state index in [1.807, 2.05) is 18.2 Å². The molecule has 0 N–H and O–H groups in total. The molecule has 1 aromatic rings. The van der Waals surface area contributed by atoms with Crippen molar-refractivity contribution in [1.82, 2.24) is 0 Å². The van der Waals surface area contributed by atoms with Crippen LogP contribution < -0.4 is 0 Å². The molecule has 0 aliphatic carbocycles. The van der Waals surface area contributed by atoms with Gasteiger partial charge in [-0.3, -0.25) is 0 Å². The highest BCUT2D eigenvalue weighted by molar-refractivity contribution is 6.90. The Morgan fingerprint density at radius 2 is 1.26 bits per heavy atom. The first kappa shape index (κ1) is 28.2. The van der Waals surface area contributed by atoms with Gasteiger partial charge in [-0.2, -0.15) is 0 Å². The van der Waals surface area contributed by atoms with Gasteiger partial charge in [0.05, 0.1) is 12.1 Å². The number of ether oxygens (including phenoxy) is 1. The zero-order valence-electron chi connectivity index (χ0n) is 21.1. The second-order valence-electron chi connectivity index (χ2n) is 11.0. The zero-order valence-corrected chi connectivity index (χ0v) is 25.1. The third-order valence-electron chi connectivity index (χ3n) is 3.93. The van der Waals surface area contributed by atoms with Crippen molar-refractivity contribution in [2.45, 2.75) is 77.8 Å². The summed E-state index contributed by atoms with van der Waals surface area (Å²) >= 11 is 0. The van der Waals surface area contributed by atoms with E-state index in [1.54, 1.807) is 6.92 Å². The second-order valence-corrected chi connectivity index (χ2v) is 28.2. The van der Waals surface area contributed by atoms with E-state index in [4.69, 9.17) is 17.1 Å². The smallest absolute Gasteiger partial charge is 0.462 e. The Balaban J connectivity index is 3.55. The molecule has 0 bridgehead atoms. The number of carbonyl (C=O) groups excluding carboxylic acids is 1. The first-order chi connectivity index (χ1) is 13.9. The van der Waals surface area contributed by atoms with Crippen molar-refractivity contribution in [2.24, 2.45) is 0 Å². The summed E-state index contributed by atoms with van der Waals surface area (Å²) in [5.41, 5.74) is 1.34. The van der Waals surface area contributed by atoms with Crippen molar-refractivity contribution in [3.05, 3.63) is 48.0 Å². The third-order valence-corrected chi connectivity index (χ3v) is 16.1. The van der Waals surface area contributed by atoms with Crippen LogP contribution in [-0.4, -0.2) is 46.3 Å². The van der Waals surface area contributed by atoms with Gasteiger partial charge < -0.3 is 17.1 Å². The van der Waals surface area contributed by atoms with Crippen LogP contribution in [0.4, 0.5) is 0 Å². The van der Waals surface area contributed by atoms with Crippen molar-refractivity contribution >= 4 is 39.7 Å². The van der Waals surface area contributed by atoms with Crippen LogP contribution in [0.1, 0.15) is 12.5 Å². The number of hydrogen-bond donors (Lipinski definition) is 0. The van der Waals surface area contributed by atoms with E-state index in [2.05, 4.69) is 77.6 Å². The van der Waals surface area contributed by atoms with Crippen LogP contribution >= 0.6 is 0 Å². The number of carbonyl (C=O) groups is 1. The SMILES string of the molecule is C=C(C)C(=O)OCC(Cc1ccccc1)[Si](O[Si](C)(C)C)(O[Si](C)(C)C)O[Si](C)(C)C. The van der Waals surface area contributed by atoms with Gasteiger partial charge in [-0.1, -0.05) is 36.9 Å². The molecule has 0 saturated heterocycles. The van der Waals surface area contributed by atoms with Gasteiger partial charge in [0.25, 0.3) is 0 Å². The normalized spacial score (nSPS) is 14.3. The van der Waals surface area contributed by atoms with Crippen molar-refractivity contribution < 1.29 is 21.9 Å². The maximum Gasteiger partial charge on any atom is 0.476 e. The molecule has 1 rings (SSSR count). The van der Waals surface area contributed by atoms with Crippen LogP contribution in [-0.2, 0) is 28.3 Å². The first-order valence-corrected chi connectivity index (χ1v) is 22.9. The molecule has 176 valence electrons. The number of rotatable bonds is 12. The lowest BCUT2D eigenvalue weighted by Crippen LogP contribution is -2.64. The Hall–Kier alpha value is -0.822. The summed E-state index contributed by atoms with van der Waals surface area (Å²) in [6.45, 7) is 25.0. The predicted molar refractivity (Wildman–Crippen MR) is 139 cm³/mol. The van der Waals surface area contributed by atoms with Gasteiger partial charge in [-0.25, -0.2) is 4.79 Å². The lowest BCUT2D eigenvalue weighted by atomic mass is 10.1. The fourth-order valence-electron chi connectivity index (χ4n) is 3.08. The van der Waals surface area contributed by atoms with Gasteiger partial charge in [0, 0.05) is 5.57 Å². The molecule has 1 aromatic carbocycles. The van der Waals surface area contributed by atoms with Crippen LogP contribution in [0.25, 0.3) is 0 Å². The molecule has 0 aliphatic rings. The van der Waals surface area contributed by atoms with Crippen molar-refractivity contribution in [1.29, 1.82) is 0 Å². The van der Waals surface area contributed by atoms with E-state index in [9.17, 15) is 4.79 Å². The Kier molecular flexibility index (Phi) is 9.89. The summed E-state index contributed by atoms with van der Waals surface area (Å²) in [7, 11) is -9.39. The standard InChI is InChI=1S/C22H42O5Si4/c1-19(2)22(23)24-18-21(17-20-15-13-12-14-16-20)31(25-28(3,4)5,26-29(6,7)8)27-30(9,10)11/h12-16,21H,1,17-18H2,2-11H3. The predicted octanol–water partition coefficient (Wildman–Crippen LogP) is 6.21. The van der Waals surface area contributed by atoms with E-state index < -0.39 is 39.7 Å². The molecule has 9 heteroatoms. The van der Waals surface area contributed by atoms with Crippen LogP contribution in [0, 0.1) is 0 Å². The second kappa shape index (κ2) is 10.9. The molecule has 0 spiro atoms. The van der Waals surface area contributed by atoms with Gasteiger partial charge in [0.1, 0.15) is 0 Å². The maximum absolute atomic E-state index is 12.3. The van der Waals surface area contributed by atoms with E-state index >= 15 is 0 Å². The minimum Gasteiger partial charge on any atom is -0.462 e. The minimum atomic E-state index is -3.24. The summed E-state index contributed by atoms with van der Waals surface area (Å²) in [4.78, 5) is 12.3. The largest absolute Gasteiger partial charge is 0.476 e. The van der Waals surface area contributed by atoms with E-state index in [1.165, 1.54) is 0 Å². The highest BCUT2D eigenvalue weighted by atomic mass is 28.5. The molecule has 1 atom stereocenters. The molecular weight excluding hydrogens is 457 g/mol. The summed E-state index contributed by atoms with van der Waals surface area (Å²) in [6.07, 6.45) is 0.663. The summed E-state index contributed by atoms with van der Waals surface area (Å²) < 4.78 is 26.4. The molecule has 31 heavy (non-hydrogen) atoms. The van der Waals surface area contributed by atoms with E-state index in [0.717, 1.165) is 5.56 Å². The monoisotopic (exact) mass is 498 g/mol. The van der Waals surface area contributed by atoms with E-state index in [-0.39, 0.29) is 12.1 Å². The summed E-state index contributed by atoms with van der Waals surface area (Å²) in [5.74, 6) is -0.394. The summed E-state index contributed by atoms with van der Waals surface area (Å²) in [5, 5.41) is 0. The third kappa shape index (κ3) is 11.0. The van der Waals surface area contributed by atoms with Crippen molar-refractivity contribution in [3.8, 4) is 0 Å². The molecule has 0 fully saturated rings. The Labute approximate surface area is 193 Å². The quantitative estimate of drug-likeness (QED) is 0.195. The zero-order chi connectivity index (χ0) is 24.1. The molecule has 0 aliphatic heterocycles. The van der Waals surface area contributed by atoms with Crippen molar-refractivity contribution in [2.75, 3.05) is 6.61 Å². The highest BCUT2D eigenvalue weighted by Crippen LogP contribution is 2.37. The summed E-state index contributed by atoms with van der Waals surface area (Å²) in [6, 6.07) is 10.2. The number of hydrogen-bond acceptors (Lipinski definition) is 5. The van der Waals surface area contributed by atoms with Crippen LogP contribution in [0.5, 0.6) is 0 Å². The highest BCUT2D eigenvalue weighted by Gasteiger charge is 2.56. The van der Waals surface area contributed by atoms with Gasteiger partial charge >= 0.3 is 14.8 Å². The fourth-order valence-corrected chi connectivity index (χ4v) is 17.7. The average molecular weight is 499 g/mol. The average Bonchev–Trinajstić information content (AvgIpc) is 2.54. The lowest BCUT2D eigenvalue weighted by Gasteiger charge is -2.46. The fraction of sp³-hybridized carbons (Fsp3) is 0.591. The van der Waals surface area contributed by atoms with Crippen molar-refractivity contribution in [3.63, 3.8) is 0 Å². The maximum atomic E-state index is 12.3. The molecule has 0 radical (unpaired) electrons. The molecule has 0 heterocycles. The minimum absolute atomic E-state index is 0.187. The molecule has 0 aromatic heterocycles.